The van der Waals surface area contributed by atoms with Crippen molar-refractivity contribution in [1.29, 1.82) is 0 Å². The second kappa shape index (κ2) is 5.45. The maximum Gasteiger partial charge on any atom is 0.350 e. The molecule has 21 heavy (non-hydrogen) atoms. The SMILES string of the molecule is C=Cc1cn(-c2c(C(=O)OCC)sc3cccnc23)nn1. The minimum atomic E-state index is -0.383. The first-order valence-electron chi connectivity index (χ1n) is 6.34. The molecular formula is C14H12N4O2S. The summed E-state index contributed by atoms with van der Waals surface area (Å²) >= 11 is 1.33. The van der Waals surface area contributed by atoms with E-state index in [0.717, 1.165) is 4.70 Å². The lowest BCUT2D eigenvalue weighted by atomic mass is 10.3. The number of aromatic nitrogens is 4. The summed E-state index contributed by atoms with van der Waals surface area (Å²) in [5.74, 6) is -0.383. The Kier molecular flexibility index (Phi) is 3.49. The van der Waals surface area contributed by atoms with Gasteiger partial charge in [-0.15, -0.1) is 16.4 Å². The largest absolute Gasteiger partial charge is 0.462 e. The van der Waals surface area contributed by atoms with Crippen LogP contribution in [0.2, 0.25) is 0 Å². The number of nitrogens with zero attached hydrogens (tertiary/aromatic N) is 4. The van der Waals surface area contributed by atoms with Crippen LogP contribution in [0.1, 0.15) is 22.3 Å². The smallest absolute Gasteiger partial charge is 0.350 e. The number of rotatable bonds is 4. The zero-order valence-electron chi connectivity index (χ0n) is 11.3. The van der Waals surface area contributed by atoms with Crippen molar-refractivity contribution in [3.63, 3.8) is 0 Å². The van der Waals surface area contributed by atoms with E-state index in [4.69, 9.17) is 4.74 Å². The molecule has 0 amide bonds. The molecule has 3 heterocycles. The predicted octanol–water partition coefficient (Wildman–Crippen LogP) is 2.70. The van der Waals surface area contributed by atoms with Crippen LogP contribution in [0.25, 0.3) is 22.0 Å². The van der Waals surface area contributed by atoms with Gasteiger partial charge in [-0.25, -0.2) is 9.48 Å². The van der Waals surface area contributed by atoms with Gasteiger partial charge >= 0.3 is 5.97 Å². The summed E-state index contributed by atoms with van der Waals surface area (Å²) in [5.41, 5.74) is 1.92. The number of hydrogen-bond donors (Lipinski definition) is 0. The van der Waals surface area contributed by atoms with E-state index in [-0.39, 0.29) is 5.97 Å². The van der Waals surface area contributed by atoms with E-state index < -0.39 is 0 Å². The number of fused-ring (bicyclic) bond motifs is 1. The molecule has 0 bridgehead atoms. The molecule has 0 aliphatic rings. The molecule has 0 spiro atoms. The molecule has 0 atom stereocenters. The summed E-state index contributed by atoms with van der Waals surface area (Å²) < 4.78 is 7.55. The third-order valence-corrected chi connectivity index (χ3v) is 3.95. The number of pyridine rings is 1. The van der Waals surface area contributed by atoms with Gasteiger partial charge in [-0.2, -0.15) is 0 Å². The molecule has 3 aromatic rings. The van der Waals surface area contributed by atoms with E-state index in [0.29, 0.717) is 28.4 Å². The Labute approximate surface area is 124 Å². The lowest BCUT2D eigenvalue weighted by Gasteiger charge is -2.03. The highest BCUT2D eigenvalue weighted by atomic mass is 32.1. The Morgan fingerprint density at radius 2 is 2.43 bits per heavy atom. The monoisotopic (exact) mass is 300 g/mol. The second-order valence-electron chi connectivity index (χ2n) is 4.14. The predicted molar refractivity (Wildman–Crippen MR) is 80.6 cm³/mol. The Hall–Kier alpha value is -2.54. The highest BCUT2D eigenvalue weighted by Crippen LogP contribution is 2.33. The van der Waals surface area contributed by atoms with Crippen LogP contribution >= 0.6 is 11.3 Å². The Morgan fingerprint density at radius 3 is 3.14 bits per heavy atom. The number of esters is 1. The number of carbonyl (C=O) groups excluding carboxylic acids is 1. The zero-order chi connectivity index (χ0) is 14.8. The van der Waals surface area contributed by atoms with Crippen molar-refractivity contribution < 1.29 is 9.53 Å². The summed E-state index contributed by atoms with van der Waals surface area (Å²) in [5, 5.41) is 8.00. The molecule has 0 aliphatic carbocycles. The Balaban J connectivity index is 2.24. The molecule has 0 saturated heterocycles. The Bertz CT molecular complexity index is 821. The van der Waals surface area contributed by atoms with E-state index in [1.807, 2.05) is 12.1 Å². The van der Waals surface area contributed by atoms with Crippen molar-refractivity contribution >= 4 is 33.6 Å². The lowest BCUT2D eigenvalue weighted by Crippen LogP contribution is -2.07. The molecule has 3 aromatic heterocycles. The van der Waals surface area contributed by atoms with Crippen LogP contribution in [0.4, 0.5) is 0 Å². The molecule has 7 heteroatoms. The van der Waals surface area contributed by atoms with Crippen molar-refractivity contribution in [1.82, 2.24) is 20.0 Å². The van der Waals surface area contributed by atoms with Gasteiger partial charge in [0.25, 0.3) is 0 Å². The van der Waals surface area contributed by atoms with E-state index >= 15 is 0 Å². The highest BCUT2D eigenvalue weighted by Gasteiger charge is 2.22. The molecule has 0 saturated carbocycles. The Morgan fingerprint density at radius 1 is 1.57 bits per heavy atom. The van der Waals surface area contributed by atoms with Crippen molar-refractivity contribution in [2.45, 2.75) is 6.92 Å². The van der Waals surface area contributed by atoms with Crippen molar-refractivity contribution in [3.8, 4) is 5.69 Å². The molecule has 6 nitrogen and oxygen atoms in total. The first-order valence-corrected chi connectivity index (χ1v) is 7.16. The van der Waals surface area contributed by atoms with Crippen LogP contribution in [0.3, 0.4) is 0 Å². The fourth-order valence-electron chi connectivity index (χ4n) is 1.94. The molecule has 0 aliphatic heterocycles. The maximum absolute atomic E-state index is 12.2. The summed E-state index contributed by atoms with van der Waals surface area (Å²) in [4.78, 5) is 17.0. The summed E-state index contributed by atoms with van der Waals surface area (Å²) in [7, 11) is 0. The van der Waals surface area contributed by atoms with Crippen molar-refractivity contribution in [2.75, 3.05) is 6.61 Å². The normalized spacial score (nSPS) is 10.7. The van der Waals surface area contributed by atoms with Crippen molar-refractivity contribution in [2.24, 2.45) is 0 Å². The van der Waals surface area contributed by atoms with Crippen LogP contribution in [-0.2, 0) is 4.74 Å². The minimum Gasteiger partial charge on any atom is -0.462 e. The molecule has 0 aromatic carbocycles. The van der Waals surface area contributed by atoms with Crippen LogP contribution in [0.15, 0.2) is 31.1 Å². The number of ether oxygens (including phenoxy) is 1. The van der Waals surface area contributed by atoms with Gasteiger partial charge in [-0.1, -0.05) is 11.8 Å². The summed E-state index contributed by atoms with van der Waals surface area (Å²) in [6, 6.07) is 3.73. The molecule has 0 unspecified atom stereocenters. The van der Waals surface area contributed by atoms with Gasteiger partial charge in [0.05, 0.1) is 17.5 Å². The molecule has 0 fully saturated rings. The molecule has 3 rings (SSSR count). The molecule has 0 N–H and O–H groups in total. The van der Waals surface area contributed by atoms with Gasteiger partial charge in [0.1, 0.15) is 21.8 Å². The first-order chi connectivity index (χ1) is 10.2. The summed E-state index contributed by atoms with van der Waals surface area (Å²) in [6.45, 7) is 5.74. The third kappa shape index (κ3) is 2.31. The minimum absolute atomic E-state index is 0.315. The lowest BCUT2D eigenvalue weighted by molar-refractivity contribution is 0.0532. The van der Waals surface area contributed by atoms with Gasteiger partial charge in [0.15, 0.2) is 0 Å². The van der Waals surface area contributed by atoms with E-state index in [1.165, 1.54) is 16.0 Å². The van der Waals surface area contributed by atoms with E-state index in [9.17, 15) is 4.79 Å². The highest BCUT2D eigenvalue weighted by molar-refractivity contribution is 7.21. The number of thiophene rings is 1. The quantitative estimate of drug-likeness (QED) is 0.693. The van der Waals surface area contributed by atoms with Gasteiger partial charge in [0, 0.05) is 6.20 Å². The summed E-state index contributed by atoms with van der Waals surface area (Å²) in [6.07, 6.45) is 4.97. The fourth-order valence-corrected chi connectivity index (χ4v) is 2.99. The maximum atomic E-state index is 12.2. The second-order valence-corrected chi connectivity index (χ2v) is 5.19. The average Bonchev–Trinajstić information content (AvgIpc) is 3.11. The van der Waals surface area contributed by atoms with Gasteiger partial charge < -0.3 is 4.74 Å². The van der Waals surface area contributed by atoms with E-state index in [1.54, 1.807) is 25.4 Å². The topological polar surface area (TPSA) is 69.9 Å². The molecule has 106 valence electrons. The van der Waals surface area contributed by atoms with Crippen LogP contribution in [0.5, 0.6) is 0 Å². The number of carbonyl (C=O) groups is 1. The van der Waals surface area contributed by atoms with Crippen LogP contribution < -0.4 is 0 Å². The molecule has 0 radical (unpaired) electrons. The zero-order valence-corrected chi connectivity index (χ0v) is 12.1. The van der Waals surface area contributed by atoms with Crippen LogP contribution in [-0.4, -0.2) is 32.6 Å². The van der Waals surface area contributed by atoms with Crippen LogP contribution in [0, 0.1) is 0 Å². The first kappa shape index (κ1) is 13.4. The number of hydrogen-bond acceptors (Lipinski definition) is 6. The van der Waals surface area contributed by atoms with E-state index in [2.05, 4.69) is 21.9 Å². The molecular weight excluding hydrogens is 288 g/mol. The third-order valence-electron chi connectivity index (χ3n) is 2.83. The average molecular weight is 300 g/mol. The van der Waals surface area contributed by atoms with Gasteiger partial charge in [-0.3, -0.25) is 4.98 Å². The van der Waals surface area contributed by atoms with Gasteiger partial charge in [-0.05, 0) is 25.1 Å². The van der Waals surface area contributed by atoms with Crippen molar-refractivity contribution in [3.05, 3.63) is 41.7 Å². The van der Waals surface area contributed by atoms with Gasteiger partial charge in [0.2, 0.25) is 0 Å². The standard InChI is InChI=1S/C14H12N4O2S/c1-3-9-8-18(17-16-9)12-11-10(6-5-7-15-11)21-13(12)14(19)20-4-2/h3,5-8H,1,4H2,2H3. The fraction of sp³-hybridized carbons (Fsp3) is 0.143.